The van der Waals surface area contributed by atoms with Gasteiger partial charge in [0.1, 0.15) is 6.07 Å². The molecule has 1 N–H and O–H groups in total. The van der Waals surface area contributed by atoms with Crippen LogP contribution in [-0.2, 0) is 0 Å². The zero-order valence-electron chi connectivity index (χ0n) is 5.37. The Morgan fingerprint density at radius 2 is 2.40 bits per heavy atom. The summed E-state index contributed by atoms with van der Waals surface area (Å²) in [7, 11) is 0. The molecule has 1 aromatic rings. The van der Waals surface area contributed by atoms with E-state index in [4.69, 9.17) is 10.4 Å². The Labute approximate surface area is 57.8 Å². The van der Waals surface area contributed by atoms with Crippen molar-refractivity contribution in [3.05, 3.63) is 17.6 Å². The largest absolute Gasteiger partial charge is 0.491 e. The van der Waals surface area contributed by atoms with E-state index < -0.39 is 0 Å². The van der Waals surface area contributed by atoms with Gasteiger partial charge >= 0.3 is 0 Å². The second-order valence-electron chi connectivity index (χ2n) is 1.80. The van der Waals surface area contributed by atoms with Crippen molar-refractivity contribution in [2.75, 3.05) is 0 Å². The fourth-order valence-corrected chi connectivity index (χ4v) is 0.546. The highest BCUT2D eigenvalue weighted by Gasteiger charge is 2.00. The van der Waals surface area contributed by atoms with Crippen molar-refractivity contribution < 1.29 is 5.11 Å². The predicted molar refractivity (Wildman–Crippen MR) is 33.1 cm³/mol. The molecular formula is C6H5N3O. The van der Waals surface area contributed by atoms with Crippen LogP contribution in [0.15, 0.2) is 6.20 Å². The Morgan fingerprint density at radius 1 is 1.70 bits per heavy atom. The maximum atomic E-state index is 8.84. The van der Waals surface area contributed by atoms with E-state index >= 15 is 0 Å². The summed E-state index contributed by atoms with van der Waals surface area (Å²) in [5, 5.41) is 17.2. The minimum Gasteiger partial charge on any atom is -0.491 e. The number of rotatable bonds is 0. The standard InChI is InChI=1S/C6H5N3O/c1-4-3-8-6(10)5(2-7)9-4/h3H,1H3,(H,8,10). The lowest BCUT2D eigenvalue weighted by atomic mass is 10.4. The van der Waals surface area contributed by atoms with Gasteiger partial charge in [-0.3, -0.25) is 0 Å². The highest BCUT2D eigenvalue weighted by Crippen LogP contribution is 2.07. The van der Waals surface area contributed by atoms with E-state index in [1.165, 1.54) is 6.20 Å². The van der Waals surface area contributed by atoms with E-state index in [2.05, 4.69) is 9.97 Å². The molecule has 1 aromatic heterocycles. The van der Waals surface area contributed by atoms with Crippen LogP contribution in [-0.4, -0.2) is 15.1 Å². The van der Waals surface area contributed by atoms with Gasteiger partial charge in [0, 0.05) is 0 Å². The van der Waals surface area contributed by atoms with Crippen LogP contribution in [0.5, 0.6) is 5.88 Å². The summed E-state index contributed by atoms with van der Waals surface area (Å²) in [6.07, 6.45) is 1.40. The van der Waals surface area contributed by atoms with Gasteiger partial charge in [0.2, 0.25) is 11.6 Å². The Hall–Kier alpha value is -1.63. The van der Waals surface area contributed by atoms with Crippen molar-refractivity contribution in [1.82, 2.24) is 9.97 Å². The molecule has 1 rings (SSSR count). The van der Waals surface area contributed by atoms with E-state index in [0.29, 0.717) is 5.69 Å². The van der Waals surface area contributed by atoms with Gasteiger partial charge in [-0.25, -0.2) is 9.97 Å². The Kier molecular flexibility index (Phi) is 1.50. The molecule has 0 saturated carbocycles. The third kappa shape index (κ3) is 1.03. The summed E-state index contributed by atoms with van der Waals surface area (Å²) < 4.78 is 0. The van der Waals surface area contributed by atoms with Crippen LogP contribution >= 0.6 is 0 Å². The highest BCUT2D eigenvalue weighted by atomic mass is 16.3. The predicted octanol–water partition coefficient (Wildman–Crippen LogP) is 0.362. The van der Waals surface area contributed by atoms with Crippen LogP contribution < -0.4 is 0 Å². The SMILES string of the molecule is Cc1cnc(O)c(C#N)n1. The zero-order chi connectivity index (χ0) is 7.56. The molecule has 0 spiro atoms. The second kappa shape index (κ2) is 2.31. The minimum atomic E-state index is -0.312. The Morgan fingerprint density at radius 3 is 2.90 bits per heavy atom. The molecule has 0 aliphatic rings. The lowest BCUT2D eigenvalue weighted by Gasteiger charge is -1.92. The lowest BCUT2D eigenvalue weighted by molar-refractivity contribution is 0.447. The van der Waals surface area contributed by atoms with Crippen molar-refractivity contribution in [2.45, 2.75) is 6.92 Å². The van der Waals surface area contributed by atoms with E-state index in [-0.39, 0.29) is 11.6 Å². The molecule has 0 radical (unpaired) electrons. The first kappa shape index (κ1) is 6.49. The van der Waals surface area contributed by atoms with Crippen molar-refractivity contribution in [3.63, 3.8) is 0 Å². The number of aromatic hydroxyl groups is 1. The number of hydrogen-bond donors (Lipinski definition) is 1. The second-order valence-corrected chi connectivity index (χ2v) is 1.80. The van der Waals surface area contributed by atoms with Gasteiger partial charge in [-0.2, -0.15) is 5.26 Å². The third-order valence-corrected chi connectivity index (χ3v) is 0.980. The Bertz CT molecular complexity index is 290. The van der Waals surface area contributed by atoms with E-state index in [1.807, 2.05) is 0 Å². The molecule has 4 heteroatoms. The quantitative estimate of drug-likeness (QED) is 0.557. The van der Waals surface area contributed by atoms with Crippen molar-refractivity contribution in [3.8, 4) is 11.9 Å². The summed E-state index contributed by atoms with van der Waals surface area (Å²) in [5.74, 6) is -0.312. The van der Waals surface area contributed by atoms with Crippen LogP contribution in [0.2, 0.25) is 0 Å². The van der Waals surface area contributed by atoms with Crippen LogP contribution in [0, 0.1) is 18.3 Å². The van der Waals surface area contributed by atoms with Crippen LogP contribution in [0.1, 0.15) is 11.4 Å². The summed E-state index contributed by atoms with van der Waals surface area (Å²) in [4.78, 5) is 7.24. The van der Waals surface area contributed by atoms with Crippen LogP contribution in [0.25, 0.3) is 0 Å². The molecule has 0 aliphatic carbocycles. The number of nitrogens with zero attached hydrogens (tertiary/aromatic N) is 3. The van der Waals surface area contributed by atoms with E-state index in [9.17, 15) is 0 Å². The summed E-state index contributed by atoms with van der Waals surface area (Å²) in [6.45, 7) is 1.70. The van der Waals surface area contributed by atoms with Crippen LogP contribution in [0.4, 0.5) is 0 Å². The van der Waals surface area contributed by atoms with Gasteiger partial charge < -0.3 is 5.11 Å². The molecule has 0 aromatic carbocycles. The minimum absolute atomic E-state index is 0.0278. The first-order chi connectivity index (χ1) is 4.74. The molecular weight excluding hydrogens is 130 g/mol. The average molecular weight is 135 g/mol. The number of aromatic nitrogens is 2. The maximum Gasteiger partial charge on any atom is 0.248 e. The van der Waals surface area contributed by atoms with Crippen LogP contribution in [0.3, 0.4) is 0 Å². The third-order valence-electron chi connectivity index (χ3n) is 0.980. The van der Waals surface area contributed by atoms with Crippen molar-refractivity contribution in [2.24, 2.45) is 0 Å². The van der Waals surface area contributed by atoms with Gasteiger partial charge in [-0.1, -0.05) is 0 Å². The molecule has 1 heterocycles. The molecule has 0 amide bonds. The molecule has 0 atom stereocenters. The summed E-state index contributed by atoms with van der Waals surface area (Å²) >= 11 is 0. The molecule has 50 valence electrons. The smallest absolute Gasteiger partial charge is 0.248 e. The highest BCUT2D eigenvalue weighted by molar-refractivity contribution is 5.29. The first-order valence-corrected chi connectivity index (χ1v) is 2.66. The fraction of sp³-hybridized carbons (Fsp3) is 0.167. The first-order valence-electron chi connectivity index (χ1n) is 2.66. The van der Waals surface area contributed by atoms with Gasteiger partial charge in [-0.15, -0.1) is 0 Å². The maximum absolute atomic E-state index is 8.84. The molecule has 10 heavy (non-hydrogen) atoms. The van der Waals surface area contributed by atoms with E-state index in [0.717, 1.165) is 0 Å². The lowest BCUT2D eigenvalue weighted by Crippen LogP contribution is -1.89. The van der Waals surface area contributed by atoms with Gasteiger partial charge in [0.05, 0.1) is 11.9 Å². The molecule has 4 nitrogen and oxygen atoms in total. The molecule has 0 unspecified atom stereocenters. The van der Waals surface area contributed by atoms with Crippen molar-refractivity contribution >= 4 is 0 Å². The normalized spacial score (nSPS) is 8.80. The van der Waals surface area contributed by atoms with Crippen molar-refractivity contribution in [1.29, 1.82) is 5.26 Å². The topological polar surface area (TPSA) is 69.8 Å². The number of hydrogen-bond acceptors (Lipinski definition) is 4. The molecule has 0 aliphatic heterocycles. The molecule has 0 saturated heterocycles. The number of aryl methyl sites for hydroxylation is 1. The zero-order valence-corrected chi connectivity index (χ0v) is 5.37. The Balaban J connectivity index is 3.25. The molecule has 0 bridgehead atoms. The summed E-state index contributed by atoms with van der Waals surface area (Å²) in [6, 6.07) is 1.71. The monoisotopic (exact) mass is 135 g/mol. The fourth-order valence-electron chi connectivity index (χ4n) is 0.546. The number of nitriles is 1. The van der Waals surface area contributed by atoms with Gasteiger partial charge in [0.25, 0.3) is 0 Å². The van der Waals surface area contributed by atoms with Gasteiger partial charge in [-0.05, 0) is 6.92 Å². The average Bonchev–Trinajstić information content (AvgIpc) is 1.94. The van der Waals surface area contributed by atoms with E-state index in [1.54, 1.807) is 13.0 Å². The summed E-state index contributed by atoms with van der Waals surface area (Å²) in [5.41, 5.74) is 0.592. The molecule has 0 fully saturated rings. The van der Waals surface area contributed by atoms with Gasteiger partial charge in [0.15, 0.2) is 0 Å².